The first-order valence-corrected chi connectivity index (χ1v) is 10.9. The Morgan fingerprint density at radius 1 is 1.03 bits per heavy atom. The second kappa shape index (κ2) is 10.2. The van der Waals surface area contributed by atoms with E-state index in [2.05, 4.69) is 10.6 Å². The van der Waals surface area contributed by atoms with E-state index in [0.717, 1.165) is 9.78 Å². The van der Waals surface area contributed by atoms with E-state index in [1.807, 2.05) is 31.4 Å². The molecule has 0 saturated heterocycles. The van der Waals surface area contributed by atoms with Gasteiger partial charge in [-0.25, -0.2) is 9.59 Å². The van der Waals surface area contributed by atoms with Crippen molar-refractivity contribution in [2.45, 2.75) is 32.9 Å². The van der Waals surface area contributed by atoms with E-state index in [0.29, 0.717) is 0 Å². The highest BCUT2D eigenvalue weighted by Crippen LogP contribution is 2.27. The average molecular weight is 458 g/mol. The number of hydrogen-bond acceptors (Lipinski definition) is 7. The van der Waals surface area contributed by atoms with Crippen LogP contribution in [0.3, 0.4) is 0 Å². The molecule has 0 radical (unpaired) electrons. The van der Waals surface area contributed by atoms with Crippen molar-refractivity contribution in [2.75, 3.05) is 6.61 Å². The molecule has 1 aliphatic heterocycles. The summed E-state index contributed by atoms with van der Waals surface area (Å²) < 4.78 is 5.05. The summed E-state index contributed by atoms with van der Waals surface area (Å²) in [5, 5.41) is 6.45. The zero-order valence-corrected chi connectivity index (χ0v) is 18.4. The Labute approximate surface area is 188 Å². The first-order valence-electron chi connectivity index (χ1n) is 10.0. The maximum atomic E-state index is 12.8. The molecule has 10 heteroatoms. The maximum Gasteiger partial charge on any atom is 0.329 e. The molecule has 0 aliphatic carbocycles. The van der Waals surface area contributed by atoms with Crippen LogP contribution in [0.5, 0.6) is 0 Å². The standard InChI is InChI=1S/C22H23N3O6S/c1-13(2)10-17(25-19(27)15-7-3-4-8-16(15)20(25)28)21(29)31-12-18(26)24-22(30)23-11-14-6-5-9-32-14/h3-9,13,17H,10-12H2,1-2H3,(H2,23,24,26,30). The van der Waals surface area contributed by atoms with E-state index in [4.69, 9.17) is 4.74 Å². The van der Waals surface area contributed by atoms with Crippen molar-refractivity contribution >= 4 is 41.1 Å². The number of fused-ring (bicyclic) bond motifs is 1. The molecule has 0 saturated carbocycles. The van der Waals surface area contributed by atoms with Crippen LogP contribution in [0.15, 0.2) is 41.8 Å². The highest BCUT2D eigenvalue weighted by Gasteiger charge is 2.43. The fourth-order valence-corrected chi connectivity index (χ4v) is 3.91. The molecule has 5 amide bonds. The van der Waals surface area contributed by atoms with Gasteiger partial charge in [-0.1, -0.05) is 32.0 Å². The number of rotatable bonds is 8. The predicted octanol–water partition coefficient (Wildman–Crippen LogP) is 2.33. The Morgan fingerprint density at radius 2 is 1.69 bits per heavy atom. The van der Waals surface area contributed by atoms with Gasteiger partial charge in [0.15, 0.2) is 6.61 Å². The van der Waals surface area contributed by atoms with Gasteiger partial charge in [-0.05, 0) is 35.9 Å². The number of nitrogens with zero attached hydrogens (tertiary/aromatic N) is 1. The van der Waals surface area contributed by atoms with Gasteiger partial charge in [0.1, 0.15) is 6.04 Å². The average Bonchev–Trinajstić information content (AvgIpc) is 3.36. The normalized spacial score (nSPS) is 13.7. The number of hydrogen-bond donors (Lipinski definition) is 2. The highest BCUT2D eigenvalue weighted by atomic mass is 32.1. The molecule has 2 N–H and O–H groups in total. The van der Waals surface area contributed by atoms with Crippen LogP contribution in [0.2, 0.25) is 0 Å². The highest BCUT2D eigenvalue weighted by molar-refractivity contribution is 7.09. The van der Waals surface area contributed by atoms with Crippen LogP contribution < -0.4 is 10.6 Å². The molecular formula is C22H23N3O6S. The summed E-state index contributed by atoms with van der Waals surface area (Å²) in [4.78, 5) is 63.9. The van der Waals surface area contributed by atoms with Crippen LogP contribution in [0.25, 0.3) is 0 Å². The topological polar surface area (TPSA) is 122 Å². The van der Waals surface area contributed by atoms with E-state index in [-0.39, 0.29) is 30.0 Å². The van der Waals surface area contributed by atoms with Crippen molar-refractivity contribution in [1.29, 1.82) is 0 Å². The van der Waals surface area contributed by atoms with Crippen LogP contribution in [-0.2, 0) is 20.9 Å². The van der Waals surface area contributed by atoms with Crippen molar-refractivity contribution in [1.82, 2.24) is 15.5 Å². The molecule has 0 bridgehead atoms. The van der Waals surface area contributed by atoms with E-state index >= 15 is 0 Å². The number of urea groups is 1. The number of imide groups is 2. The lowest BCUT2D eigenvalue weighted by Crippen LogP contribution is -2.47. The first kappa shape index (κ1) is 23.1. The van der Waals surface area contributed by atoms with Crippen molar-refractivity contribution in [3.8, 4) is 0 Å². The molecule has 2 aromatic rings. The van der Waals surface area contributed by atoms with Gasteiger partial charge in [-0.15, -0.1) is 11.3 Å². The SMILES string of the molecule is CC(C)CC(C(=O)OCC(=O)NC(=O)NCc1cccs1)N1C(=O)c2ccccc2C1=O. The fraction of sp³-hybridized carbons (Fsp3) is 0.318. The third-order valence-corrected chi connectivity index (χ3v) is 5.58. The summed E-state index contributed by atoms with van der Waals surface area (Å²) >= 11 is 1.46. The maximum absolute atomic E-state index is 12.8. The number of esters is 1. The fourth-order valence-electron chi connectivity index (χ4n) is 3.26. The molecule has 3 rings (SSSR count). The summed E-state index contributed by atoms with van der Waals surface area (Å²) in [7, 11) is 0. The van der Waals surface area contributed by atoms with Gasteiger partial charge < -0.3 is 10.1 Å². The Morgan fingerprint density at radius 3 is 2.25 bits per heavy atom. The summed E-state index contributed by atoms with van der Waals surface area (Å²) in [6.07, 6.45) is 0.174. The number of thiophene rings is 1. The molecule has 168 valence electrons. The zero-order valence-electron chi connectivity index (χ0n) is 17.6. The molecule has 0 fully saturated rings. The van der Waals surface area contributed by atoms with Gasteiger partial charge >= 0.3 is 12.0 Å². The molecule has 1 aliphatic rings. The van der Waals surface area contributed by atoms with Gasteiger partial charge in [0.2, 0.25) is 0 Å². The van der Waals surface area contributed by atoms with E-state index in [1.54, 1.807) is 12.1 Å². The van der Waals surface area contributed by atoms with Crippen LogP contribution in [0, 0.1) is 5.92 Å². The number of benzene rings is 1. The van der Waals surface area contributed by atoms with Gasteiger partial charge in [0.05, 0.1) is 17.7 Å². The summed E-state index contributed by atoms with van der Waals surface area (Å²) in [6.45, 7) is 3.21. The molecule has 1 atom stereocenters. The van der Waals surface area contributed by atoms with Crippen LogP contribution in [0.4, 0.5) is 4.79 Å². The molecule has 0 spiro atoms. The van der Waals surface area contributed by atoms with Gasteiger partial charge in [-0.3, -0.25) is 24.6 Å². The number of ether oxygens (including phenoxy) is 1. The zero-order chi connectivity index (χ0) is 23.3. The molecule has 32 heavy (non-hydrogen) atoms. The molecule has 1 unspecified atom stereocenters. The minimum absolute atomic E-state index is 0.0336. The third-order valence-electron chi connectivity index (χ3n) is 4.71. The Kier molecular flexibility index (Phi) is 7.37. The molecule has 2 heterocycles. The minimum Gasteiger partial charge on any atom is -0.454 e. The smallest absolute Gasteiger partial charge is 0.329 e. The van der Waals surface area contributed by atoms with Crippen LogP contribution in [0.1, 0.15) is 45.9 Å². The lowest BCUT2D eigenvalue weighted by Gasteiger charge is -2.25. The Balaban J connectivity index is 1.58. The van der Waals surface area contributed by atoms with E-state index in [1.165, 1.54) is 23.5 Å². The van der Waals surface area contributed by atoms with E-state index in [9.17, 15) is 24.0 Å². The number of carbonyl (C=O) groups excluding carboxylic acids is 5. The van der Waals surface area contributed by atoms with Crippen molar-refractivity contribution in [3.05, 3.63) is 57.8 Å². The monoisotopic (exact) mass is 457 g/mol. The number of nitrogens with one attached hydrogen (secondary N) is 2. The number of amides is 5. The second-order valence-electron chi connectivity index (χ2n) is 7.59. The second-order valence-corrected chi connectivity index (χ2v) is 8.62. The van der Waals surface area contributed by atoms with Gasteiger partial charge in [0.25, 0.3) is 17.7 Å². The molecular weight excluding hydrogens is 434 g/mol. The van der Waals surface area contributed by atoms with E-state index < -0.39 is 42.4 Å². The number of carbonyl (C=O) groups is 5. The summed E-state index contributed by atoms with van der Waals surface area (Å²) in [5.41, 5.74) is 0.443. The lowest BCUT2D eigenvalue weighted by atomic mass is 10.0. The quantitative estimate of drug-likeness (QED) is 0.463. The molecule has 1 aromatic heterocycles. The Bertz CT molecular complexity index is 999. The largest absolute Gasteiger partial charge is 0.454 e. The third kappa shape index (κ3) is 5.38. The Hall–Kier alpha value is -3.53. The van der Waals surface area contributed by atoms with Crippen molar-refractivity contribution < 1.29 is 28.7 Å². The van der Waals surface area contributed by atoms with Crippen LogP contribution in [-0.4, -0.2) is 47.3 Å². The minimum atomic E-state index is -1.18. The predicted molar refractivity (Wildman–Crippen MR) is 116 cm³/mol. The lowest BCUT2D eigenvalue weighted by molar-refractivity contribution is -0.152. The molecule has 9 nitrogen and oxygen atoms in total. The first-order chi connectivity index (χ1) is 15.3. The van der Waals surface area contributed by atoms with Gasteiger partial charge in [0, 0.05) is 4.88 Å². The summed E-state index contributed by atoms with van der Waals surface area (Å²) in [5.74, 6) is -2.90. The summed E-state index contributed by atoms with van der Waals surface area (Å²) in [6, 6.07) is 8.09. The van der Waals surface area contributed by atoms with Crippen molar-refractivity contribution in [2.24, 2.45) is 5.92 Å². The van der Waals surface area contributed by atoms with Crippen molar-refractivity contribution in [3.63, 3.8) is 0 Å². The van der Waals surface area contributed by atoms with Gasteiger partial charge in [-0.2, -0.15) is 0 Å². The van der Waals surface area contributed by atoms with Crippen LogP contribution >= 0.6 is 11.3 Å². The molecule has 1 aromatic carbocycles.